The predicted octanol–water partition coefficient (Wildman–Crippen LogP) is 14.2. The Balaban J connectivity index is 1.18. The fourth-order valence-corrected chi connectivity index (χ4v) is 10.6. The second-order valence-corrected chi connectivity index (χ2v) is 17.9. The van der Waals surface area contributed by atoms with Crippen LogP contribution in [0, 0.1) is 0 Å². The van der Waals surface area contributed by atoms with Crippen molar-refractivity contribution in [2.45, 2.75) is 57.8 Å². The van der Waals surface area contributed by atoms with E-state index in [9.17, 15) is 0 Å². The second-order valence-electron chi connectivity index (χ2n) is 17.9. The summed E-state index contributed by atoms with van der Waals surface area (Å²) in [6, 6.07) is 53.9. The van der Waals surface area contributed by atoms with Gasteiger partial charge in [-0.15, -0.1) is 0 Å². The van der Waals surface area contributed by atoms with Gasteiger partial charge in [0.1, 0.15) is 5.82 Å². The number of hydrogen-bond acceptors (Lipinski definition) is 3. The van der Waals surface area contributed by atoms with Gasteiger partial charge in [0.15, 0.2) is 0 Å². The van der Waals surface area contributed by atoms with E-state index in [4.69, 9.17) is 9.97 Å². The molecule has 2 aromatic heterocycles. The summed E-state index contributed by atoms with van der Waals surface area (Å²) in [6.07, 6.45) is 6.03. The van der Waals surface area contributed by atoms with Gasteiger partial charge < -0.3 is 0 Å². The molecule has 3 aliphatic carbocycles. The molecule has 0 N–H and O–H groups in total. The van der Waals surface area contributed by atoms with Gasteiger partial charge in [0.2, 0.25) is 0 Å². The minimum atomic E-state index is -0.164. The second kappa shape index (κ2) is 12.2. The van der Waals surface area contributed by atoms with Crippen LogP contribution in [0.4, 0.5) is 17.2 Å². The lowest BCUT2D eigenvalue weighted by Gasteiger charge is -2.31. The highest BCUT2D eigenvalue weighted by molar-refractivity contribution is 5.99. The van der Waals surface area contributed by atoms with E-state index in [1.165, 1.54) is 66.8 Å². The predicted molar refractivity (Wildman–Crippen MR) is 240 cm³/mol. The normalized spacial score (nSPS) is 15.5. The van der Waals surface area contributed by atoms with Crippen LogP contribution in [0.3, 0.4) is 0 Å². The highest BCUT2D eigenvalue weighted by Crippen LogP contribution is 2.55. The van der Waals surface area contributed by atoms with Crippen molar-refractivity contribution < 1.29 is 0 Å². The molecule has 58 heavy (non-hydrogen) atoms. The quantitative estimate of drug-likeness (QED) is 0.176. The molecule has 6 aromatic carbocycles. The summed E-state index contributed by atoms with van der Waals surface area (Å²) in [5.74, 6) is 0.854. The molecule has 0 saturated heterocycles. The molecule has 0 radical (unpaired) electrons. The zero-order valence-corrected chi connectivity index (χ0v) is 33.9. The van der Waals surface area contributed by atoms with E-state index in [-0.39, 0.29) is 16.2 Å². The molecule has 0 aliphatic heterocycles. The number of benzene rings is 6. The summed E-state index contributed by atoms with van der Waals surface area (Å²) in [5.41, 5.74) is 22.0. The maximum absolute atomic E-state index is 5.09. The minimum Gasteiger partial charge on any atom is -0.294 e. The zero-order chi connectivity index (χ0) is 39.6. The summed E-state index contributed by atoms with van der Waals surface area (Å²) in [4.78, 5) is 12.5. The van der Waals surface area contributed by atoms with Crippen LogP contribution < -0.4 is 4.90 Å². The van der Waals surface area contributed by atoms with E-state index in [1.54, 1.807) is 0 Å². The van der Waals surface area contributed by atoms with Crippen molar-refractivity contribution in [1.82, 2.24) is 9.97 Å². The number of rotatable bonds is 5. The number of nitrogens with zero attached hydrogens (tertiary/aromatic N) is 3. The molecule has 0 bridgehead atoms. The molecule has 0 unspecified atom stereocenters. The largest absolute Gasteiger partial charge is 0.294 e. The average Bonchev–Trinajstić information content (AvgIpc) is 3.73. The lowest BCUT2D eigenvalue weighted by molar-refractivity contribution is 0.660. The molecule has 0 saturated carbocycles. The van der Waals surface area contributed by atoms with Gasteiger partial charge in [-0.3, -0.25) is 9.88 Å². The van der Waals surface area contributed by atoms with E-state index < -0.39 is 0 Å². The fraction of sp³-hybridized carbons (Fsp3) is 0.164. The smallest absolute Gasteiger partial charge is 0.137 e. The molecule has 2 heterocycles. The number of hydrogen-bond donors (Lipinski definition) is 0. The van der Waals surface area contributed by atoms with E-state index >= 15 is 0 Å². The first kappa shape index (κ1) is 34.7. The standard InChI is InChI=1S/C55H45N3/c1-53(2)45-18-10-7-15-37(45)40-25-22-34(29-48(40)53)43-32-56-33-44(35-23-26-41-38-16-8-11-19-46(38)54(3,4)49(41)30-35)52(43)58(51-21-13-14-28-57-51)36-24-27-42-39-17-9-12-20-47(39)55(5,6)50(42)31-36/h7-33H,1-6H3. The molecule has 3 aliphatic rings. The van der Waals surface area contributed by atoms with E-state index in [0.717, 1.165) is 39.4 Å². The van der Waals surface area contributed by atoms with Crippen molar-refractivity contribution in [3.8, 4) is 55.6 Å². The van der Waals surface area contributed by atoms with E-state index in [0.29, 0.717) is 0 Å². The number of aromatic nitrogens is 2. The molecule has 3 nitrogen and oxygen atoms in total. The number of pyridine rings is 2. The summed E-state index contributed by atoms with van der Waals surface area (Å²) in [7, 11) is 0. The molecule has 0 amide bonds. The SMILES string of the molecule is CC1(C)c2ccccc2-c2ccc(-c3cncc(-c4ccc5c(c4)C(C)(C)c4ccccc4-5)c3N(c3ccc4c(c3)C(C)(C)c3ccccc3-4)c3ccccn3)cc21. The summed E-state index contributed by atoms with van der Waals surface area (Å²) >= 11 is 0. The summed E-state index contributed by atoms with van der Waals surface area (Å²) in [6.45, 7) is 14.1. The van der Waals surface area contributed by atoms with Gasteiger partial charge >= 0.3 is 0 Å². The summed E-state index contributed by atoms with van der Waals surface area (Å²) < 4.78 is 0. The van der Waals surface area contributed by atoms with Crippen LogP contribution in [-0.4, -0.2) is 9.97 Å². The first-order valence-corrected chi connectivity index (χ1v) is 20.5. The highest BCUT2D eigenvalue weighted by Gasteiger charge is 2.39. The van der Waals surface area contributed by atoms with Crippen molar-refractivity contribution in [1.29, 1.82) is 0 Å². The Hall–Kier alpha value is -6.58. The van der Waals surface area contributed by atoms with Crippen LogP contribution >= 0.6 is 0 Å². The Morgan fingerprint density at radius 2 is 0.793 bits per heavy atom. The van der Waals surface area contributed by atoms with Crippen LogP contribution in [-0.2, 0) is 16.2 Å². The van der Waals surface area contributed by atoms with Crippen LogP contribution in [0.25, 0.3) is 55.6 Å². The van der Waals surface area contributed by atoms with Crippen molar-refractivity contribution in [2.75, 3.05) is 4.90 Å². The third kappa shape index (κ3) is 4.80. The van der Waals surface area contributed by atoms with Gasteiger partial charge in [-0.2, -0.15) is 0 Å². The van der Waals surface area contributed by atoms with E-state index in [2.05, 4.69) is 198 Å². The van der Waals surface area contributed by atoms with Gasteiger partial charge in [0.05, 0.1) is 5.69 Å². The molecule has 0 spiro atoms. The molecular formula is C55H45N3. The van der Waals surface area contributed by atoms with Crippen LogP contribution in [0.2, 0.25) is 0 Å². The Morgan fingerprint density at radius 1 is 0.379 bits per heavy atom. The molecule has 280 valence electrons. The van der Waals surface area contributed by atoms with Crippen molar-refractivity contribution in [2.24, 2.45) is 0 Å². The summed E-state index contributed by atoms with van der Waals surface area (Å²) in [5, 5.41) is 0. The molecule has 11 rings (SSSR count). The van der Waals surface area contributed by atoms with Crippen molar-refractivity contribution in [3.05, 3.63) is 198 Å². The number of fused-ring (bicyclic) bond motifs is 9. The van der Waals surface area contributed by atoms with Gasteiger partial charge in [0.25, 0.3) is 0 Å². The minimum absolute atomic E-state index is 0.144. The Bertz CT molecular complexity index is 2860. The van der Waals surface area contributed by atoms with Crippen LogP contribution in [0.15, 0.2) is 164 Å². The average molecular weight is 748 g/mol. The molecule has 8 aromatic rings. The van der Waals surface area contributed by atoms with Crippen LogP contribution in [0.1, 0.15) is 74.9 Å². The Labute approximate surface area is 341 Å². The van der Waals surface area contributed by atoms with Crippen molar-refractivity contribution in [3.63, 3.8) is 0 Å². The maximum Gasteiger partial charge on any atom is 0.137 e. The first-order chi connectivity index (χ1) is 28.0. The molecule has 0 atom stereocenters. The van der Waals surface area contributed by atoms with E-state index in [1.807, 2.05) is 12.3 Å². The maximum atomic E-state index is 5.09. The lowest BCUT2D eigenvalue weighted by atomic mass is 9.81. The lowest BCUT2D eigenvalue weighted by Crippen LogP contribution is -2.18. The van der Waals surface area contributed by atoms with Gasteiger partial charge in [-0.25, -0.2) is 4.98 Å². The van der Waals surface area contributed by atoms with Gasteiger partial charge in [0, 0.05) is 51.6 Å². The monoisotopic (exact) mass is 747 g/mol. The topological polar surface area (TPSA) is 29.0 Å². The molecule has 0 fully saturated rings. The van der Waals surface area contributed by atoms with Crippen LogP contribution in [0.5, 0.6) is 0 Å². The highest BCUT2D eigenvalue weighted by atomic mass is 15.2. The zero-order valence-electron chi connectivity index (χ0n) is 33.9. The third-order valence-electron chi connectivity index (χ3n) is 13.6. The van der Waals surface area contributed by atoms with Gasteiger partial charge in [-0.1, -0.05) is 151 Å². The molecule has 3 heteroatoms. The van der Waals surface area contributed by atoms with Gasteiger partial charge in [-0.05, 0) is 114 Å². The molecular weight excluding hydrogens is 703 g/mol. The fourth-order valence-electron chi connectivity index (χ4n) is 10.6. The van der Waals surface area contributed by atoms with Crippen molar-refractivity contribution >= 4 is 17.2 Å². The number of anilines is 3. The first-order valence-electron chi connectivity index (χ1n) is 20.5. The Morgan fingerprint density at radius 3 is 1.26 bits per heavy atom. The third-order valence-corrected chi connectivity index (χ3v) is 13.6. The Kier molecular flexibility index (Phi) is 7.30.